The van der Waals surface area contributed by atoms with Gasteiger partial charge in [0, 0.05) is 29.5 Å². The van der Waals surface area contributed by atoms with E-state index in [1.165, 1.54) is 6.92 Å². The molecule has 0 saturated carbocycles. The van der Waals surface area contributed by atoms with Gasteiger partial charge in [-0.2, -0.15) is 0 Å². The van der Waals surface area contributed by atoms with Gasteiger partial charge in [0.05, 0.1) is 5.56 Å². The van der Waals surface area contributed by atoms with Crippen molar-refractivity contribution in [3.63, 3.8) is 0 Å². The molecule has 17 heavy (non-hydrogen) atoms. The summed E-state index contributed by atoms with van der Waals surface area (Å²) in [5.74, 6) is -0.354. The molecule has 0 fully saturated rings. The summed E-state index contributed by atoms with van der Waals surface area (Å²) < 4.78 is 0.680. The number of carbonyl (C=O) groups excluding carboxylic acids is 2. The summed E-state index contributed by atoms with van der Waals surface area (Å²) in [7, 11) is 0. The first-order valence-corrected chi connectivity index (χ1v) is 6.15. The van der Waals surface area contributed by atoms with E-state index >= 15 is 0 Å². The smallest absolute Gasteiger partial charge is 0.252 e. The van der Waals surface area contributed by atoms with Crippen molar-refractivity contribution < 1.29 is 9.59 Å². The van der Waals surface area contributed by atoms with Crippen molar-refractivity contribution >= 4 is 39.3 Å². The van der Waals surface area contributed by atoms with E-state index < -0.39 is 0 Å². The Hall–Kier alpha value is -1.07. The predicted molar refractivity (Wildman–Crippen MR) is 70.2 cm³/mol. The first kappa shape index (κ1) is 14.0. The largest absolute Gasteiger partial charge is 0.355 e. The van der Waals surface area contributed by atoms with Crippen LogP contribution in [0.4, 0.5) is 0 Å². The van der Waals surface area contributed by atoms with Crippen LogP contribution in [0.1, 0.15) is 17.3 Å². The van der Waals surface area contributed by atoms with Crippen LogP contribution in [0.15, 0.2) is 22.7 Å². The molecular weight excluding hydrogens is 307 g/mol. The van der Waals surface area contributed by atoms with Crippen molar-refractivity contribution in [2.45, 2.75) is 6.92 Å². The summed E-state index contributed by atoms with van der Waals surface area (Å²) in [6.07, 6.45) is 0. The molecule has 2 amide bonds. The molecule has 0 radical (unpaired) electrons. The normalized spacial score (nSPS) is 9.82. The number of benzene rings is 1. The summed E-state index contributed by atoms with van der Waals surface area (Å²) >= 11 is 9.08. The Kier molecular flexibility index (Phi) is 5.44. The number of hydrogen-bond donors (Lipinski definition) is 2. The minimum Gasteiger partial charge on any atom is -0.355 e. The molecule has 0 heterocycles. The van der Waals surface area contributed by atoms with E-state index in [0.29, 0.717) is 28.1 Å². The summed E-state index contributed by atoms with van der Waals surface area (Å²) in [5.41, 5.74) is 0.473. The van der Waals surface area contributed by atoms with Crippen molar-refractivity contribution in [3.05, 3.63) is 33.3 Å². The van der Waals surface area contributed by atoms with E-state index in [2.05, 4.69) is 26.6 Å². The first-order valence-electron chi connectivity index (χ1n) is 4.98. The van der Waals surface area contributed by atoms with Gasteiger partial charge in [-0.25, -0.2) is 0 Å². The van der Waals surface area contributed by atoms with E-state index in [9.17, 15) is 9.59 Å². The average molecular weight is 320 g/mol. The number of hydrogen-bond acceptors (Lipinski definition) is 2. The van der Waals surface area contributed by atoms with Crippen LogP contribution in [0.25, 0.3) is 0 Å². The zero-order valence-electron chi connectivity index (χ0n) is 9.22. The van der Waals surface area contributed by atoms with Gasteiger partial charge < -0.3 is 10.6 Å². The molecule has 1 rings (SSSR count). The Balaban J connectivity index is 2.52. The monoisotopic (exact) mass is 318 g/mol. The third-order valence-electron chi connectivity index (χ3n) is 1.96. The van der Waals surface area contributed by atoms with Gasteiger partial charge in [-0.05, 0) is 34.1 Å². The van der Waals surface area contributed by atoms with Crippen molar-refractivity contribution in [2.75, 3.05) is 13.1 Å². The van der Waals surface area contributed by atoms with Gasteiger partial charge in [0.2, 0.25) is 5.91 Å². The summed E-state index contributed by atoms with van der Waals surface area (Å²) in [4.78, 5) is 22.4. The highest BCUT2D eigenvalue weighted by molar-refractivity contribution is 9.10. The van der Waals surface area contributed by atoms with Gasteiger partial charge in [-0.1, -0.05) is 11.6 Å². The van der Waals surface area contributed by atoms with Crippen LogP contribution in [0, 0.1) is 0 Å². The van der Waals surface area contributed by atoms with Crippen LogP contribution in [0.2, 0.25) is 5.02 Å². The lowest BCUT2D eigenvalue weighted by Gasteiger charge is -2.07. The maximum atomic E-state index is 11.7. The van der Waals surface area contributed by atoms with Gasteiger partial charge in [-0.3, -0.25) is 9.59 Å². The molecule has 0 aliphatic carbocycles. The first-order chi connectivity index (χ1) is 8.00. The molecule has 0 aromatic heterocycles. The molecule has 0 aliphatic heterocycles. The topological polar surface area (TPSA) is 58.2 Å². The van der Waals surface area contributed by atoms with E-state index in [1.807, 2.05) is 0 Å². The molecule has 92 valence electrons. The van der Waals surface area contributed by atoms with Crippen molar-refractivity contribution in [1.29, 1.82) is 0 Å². The fourth-order valence-corrected chi connectivity index (χ4v) is 1.78. The molecule has 0 atom stereocenters. The molecule has 1 aromatic carbocycles. The van der Waals surface area contributed by atoms with Crippen LogP contribution in [-0.4, -0.2) is 24.9 Å². The predicted octanol–water partition coefficient (Wildman–Crippen LogP) is 1.97. The Morgan fingerprint density at radius 3 is 2.59 bits per heavy atom. The number of nitrogens with one attached hydrogen (secondary N) is 2. The van der Waals surface area contributed by atoms with Gasteiger partial charge in [-0.15, -0.1) is 0 Å². The Morgan fingerprint density at radius 2 is 1.94 bits per heavy atom. The van der Waals surface area contributed by atoms with Crippen molar-refractivity contribution in [1.82, 2.24) is 10.6 Å². The van der Waals surface area contributed by atoms with Crippen molar-refractivity contribution in [3.8, 4) is 0 Å². The molecule has 6 heteroatoms. The van der Waals surface area contributed by atoms with Crippen LogP contribution in [0.3, 0.4) is 0 Å². The third kappa shape index (κ3) is 4.75. The van der Waals surface area contributed by atoms with Gasteiger partial charge in [0.25, 0.3) is 5.91 Å². The van der Waals surface area contributed by atoms with E-state index in [-0.39, 0.29) is 11.8 Å². The highest BCUT2D eigenvalue weighted by Gasteiger charge is 2.09. The maximum absolute atomic E-state index is 11.7. The van der Waals surface area contributed by atoms with Gasteiger partial charge in [0.1, 0.15) is 0 Å². The maximum Gasteiger partial charge on any atom is 0.252 e. The van der Waals surface area contributed by atoms with E-state index in [1.54, 1.807) is 18.2 Å². The average Bonchev–Trinajstić information content (AvgIpc) is 2.27. The quantitative estimate of drug-likeness (QED) is 0.834. The molecular formula is C11H12BrClN2O2. The second-order valence-electron chi connectivity index (χ2n) is 3.36. The molecule has 0 bridgehead atoms. The molecule has 4 nitrogen and oxygen atoms in total. The molecule has 1 aromatic rings. The number of carbonyl (C=O) groups is 2. The van der Waals surface area contributed by atoms with Crippen LogP contribution < -0.4 is 10.6 Å². The molecule has 0 aliphatic rings. The lowest BCUT2D eigenvalue weighted by molar-refractivity contribution is -0.118. The SMILES string of the molecule is CC(=O)NCCNC(=O)c1cc(Cl)ccc1Br. The molecule has 2 N–H and O–H groups in total. The molecule has 0 saturated heterocycles. The van der Waals surface area contributed by atoms with Crippen LogP contribution in [-0.2, 0) is 4.79 Å². The lowest BCUT2D eigenvalue weighted by Crippen LogP contribution is -2.33. The zero-order chi connectivity index (χ0) is 12.8. The standard InChI is InChI=1S/C11H12BrClN2O2/c1-7(16)14-4-5-15-11(17)9-6-8(13)2-3-10(9)12/h2-3,6H,4-5H2,1H3,(H,14,16)(H,15,17). The van der Waals surface area contributed by atoms with E-state index in [0.717, 1.165) is 0 Å². The second-order valence-corrected chi connectivity index (χ2v) is 4.65. The van der Waals surface area contributed by atoms with Gasteiger partial charge in [0.15, 0.2) is 0 Å². The number of halogens is 2. The summed E-state index contributed by atoms with van der Waals surface area (Å²) in [6, 6.07) is 4.99. The minimum absolute atomic E-state index is 0.122. The van der Waals surface area contributed by atoms with Crippen LogP contribution >= 0.6 is 27.5 Å². The highest BCUT2D eigenvalue weighted by atomic mass is 79.9. The van der Waals surface area contributed by atoms with Gasteiger partial charge >= 0.3 is 0 Å². The summed E-state index contributed by atoms with van der Waals surface area (Å²) in [5, 5.41) is 5.77. The Labute approximate surface area is 113 Å². The molecule has 0 spiro atoms. The Bertz CT molecular complexity index is 437. The highest BCUT2D eigenvalue weighted by Crippen LogP contribution is 2.20. The fraction of sp³-hybridized carbons (Fsp3) is 0.273. The van der Waals surface area contributed by atoms with Crippen LogP contribution in [0.5, 0.6) is 0 Å². The lowest BCUT2D eigenvalue weighted by atomic mass is 10.2. The number of rotatable bonds is 4. The summed E-state index contributed by atoms with van der Waals surface area (Å²) in [6.45, 7) is 2.20. The van der Waals surface area contributed by atoms with E-state index in [4.69, 9.17) is 11.6 Å². The molecule has 0 unspecified atom stereocenters. The Morgan fingerprint density at radius 1 is 1.29 bits per heavy atom. The van der Waals surface area contributed by atoms with Crippen molar-refractivity contribution in [2.24, 2.45) is 0 Å². The zero-order valence-corrected chi connectivity index (χ0v) is 11.6. The fourth-order valence-electron chi connectivity index (χ4n) is 1.18. The second kappa shape index (κ2) is 6.61. The third-order valence-corrected chi connectivity index (χ3v) is 2.88. The minimum atomic E-state index is -0.232. The number of amides is 2.